The minimum Gasteiger partial charge on any atom is -0.507 e. The molecule has 1 aliphatic heterocycles. The number of unbranched alkanes of at least 4 members (excludes halogenated alkanes) is 2. The summed E-state index contributed by atoms with van der Waals surface area (Å²) < 4.78 is 11.1. The lowest BCUT2D eigenvalue weighted by atomic mass is 9.95. The van der Waals surface area contributed by atoms with E-state index in [0.29, 0.717) is 30.9 Å². The van der Waals surface area contributed by atoms with Gasteiger partial charge >= 0.3 is 0 Å². The number of methoxy groups -OCH3 is 1. The van der Waals surface area contributed by atoms with E-state index in [0.717, 1.165) is 30.6 Å². The van der Waals surface area contributed by atoms with Crippen LogP contribution in [0, 0.1) is 0 Å². The van der Waals surface area contributed by atoms with Gasteiger partial charge in [0.25, 0.3) is 11.7 Å². The number of likely N-dealkylation sites (tertiary alicyclic amines) is 1. The highest BCUT2D eigenvalue weighted by atomic mass is 16.5. The number of hydrogen-bond acceptors (Lipinski definition) is 5. The van der Waals surface area contributed by atoms with Crippen molar-refractivity contribution in [2.24, 2.45) is 0 Å². The first-order chi connectivity index (χ1) is 15.5. The Morgan fingerprint density at radius 3 is 2.38 bits per heavy atom. The molecule has 0 bridgehead atoms. The van der Waals surface area contributed by atoms with Crippen LogP contribution in [0.4, 0.5) is 0 Å². The normalized spacial score (nSPS) is 17.6. The SMILES string of the molecule is CCCCCOc1ccc(C2/C(=C(/O)c3ccccc3OC)C(=O)C(=O)N2CCC)cc1. The van der Waals surface area contributed by atoms with Crippen molar-refractivity contribution in [1.82, 2.24) is 4.90 Å². The maximum absolute atomic E-state index is 13.0. The summed E-state index contributed by atoms with van der Waals surface area (Å²) in [6.07, 6.45) is 3.93. The van der Waals surface area contributed by atoms with Gasteiger partial charge in [-0.25, -0.2) is 0 Å². The zero-order chi connectivity index (χ0) is 23.1. The summed E-state index contributed by atoms with van der Waals surface area (Å²) in [5, 5.41) is 11.1. The van der Waals surface area contributed by atoms with E-state index in [1.54, 1.807) is 24.3 Å². The molecule has 1 heterocycles. The first-order valence-electron chi connectivity index (χ1n) is 11.2. The molecule has 0 aromatic heterocycles. The van der Waals surface area contributed by atoms with E-state index >= 15 is 0 Å². The van der Waals surface area contributed by atoms with Crippen LogP contribution in [0.2, 0.25) is 0 Å². The Hall–Kier alpha value is -3.28. The number of Topliss-reactive ketones (excluding diaryl/α,β-unsaturated/α-hetero) is 1. The van der Waals surface area contributed by atoms with Crippen LogP contribution in [0.1, 0.15) is 56.7 Å². The molecule has 170 valence electrons. The van der Waals surface area contributed by atoms with Gasteiger partial charge in [-0.05, 0) is 42.7 Å². The molecule has 32 heavy (non-hydrogen) atoms. The average molecular weight is 438 g/mol. The molecule has 0 spiro atoms. The zero-order valence-electron chi connectivity index (χ0n) is 19.0. The van der Waals surface area contributed by atoms with Gasteiger partial charge in [0.15, 0.2) is 0 Å². The fourth-order valence-electron chi connectivity index (χ4n) is 3.97. The molecule has 2 aromatic rings. The van der Waals surface area contributed by atoms with Gasteiger partial charge in [-0.1, -0.05) is 51.0 Å². The van der Waals surface area contributed by atoms with Gasteiger partial charge in [-0.3, -0.25) is 9.59 Å². The number of amides is 1. The molecular weight excluding hydrogens is 406 g/mol. The van der Waals surface area contributed by atoms with Crippen LogP contribution in [0.25, 0.3) is 5.76 Å². The number of nitrogens with zero attached hydrogens (tertiary/aromatic N) is 1. The molecule has 1 aliphatic rings. The van der Waals surface area contributed by atoms with E-state index in [1.165, 1.54) is 12.0 Å². The van der Waals surface area contributed by atoms with E-state index < -0.39 is 17.7 Å². The predicted octanol–water partition coefficient (Wildman–Crippen LogP) is 5.10. The van der Waals surface area contributed by atoms with Crippen molar-refractivity contribution in [2.75, 3.05) is 20.3 Å². The number of para-hydroxylation sites is 1. The van der Waals surface area contributed by atoms with Crippen molar-refractivity contribution in [3.8, 4) is 11.5 Å². The Kier molecular flexibility index (Phi) is 7.92. The zero-order valence-corrected chi connectivity index (χ0v) is 19.0. The number of aliphatic hydroxyl groups excluding tert-OH is 1. The van der Waals surface area contributed by atoms with E-state index in [9.17, 15) is 14.7 Å². The summed E-state index contributed by atoms with van der Waals surface area (Å²) >= 11 is 0. The van der Waals surface area contributed by atoms with E-state index in [2.05, 4.69) is 6.92 Å². The summed E-state index contributed by atoms with van der Waals surface area (Å²) in [6, 6.07) is 13.6. The largest absolute Gasteiger partial charge is 0.507 e. The molecule has 0 saturated carbocycles. The van der Waals surface area contributed by atoms with Crippen molar-refractivity contribution in [1.29, 1.82) is 0 Å². The standard InChI is InChI=1S/C26H31NO5/c1-4-6-9-17-32-19-14-12-18(13-15-19)23-22(25(29)26(30)27(23)16-5-2)24(28)20-10-7-8-11-21(20)31-3/h7-8,10-15,23,28H,4-6,9,16-17H2,1-3H3/b24-22-. The van der Waals surface area contributed by atoms with Crippen LogP contribution >= 0.6 is 0 Å². The number of rotatable bonds is 10. The van der Waals surface area contributed by atoms with E-state index in [-0.39, 0.29) is 11.3 Å². The molecule has 3 rings (SSSR count). The molecule has 0 radical (unpaired) electrons. The Labute approximate surface area is 189 Å². The molecule has 1 atom stereocenters. The van der Waals surface area contributed by atoms with Crippen LogP contribution in [0.5, 0.6) is 11.5 Å². The highest BCUT2D eigenvalue weighted by Crippen LogP contribution is 2.41. The third kappa shape index (κ3) is 4.79. The predicted molar refractivity (Wildman–Crippen MR) is 124 cm³/mol. The van der Waals surface area contributed by atoms with E-state index in [1.807, 2.05) is 31.2 Å². The topological polar surface area (TPSA) is 76.1 Å². The first kappa shape index (κ1) is 23.4. The molecule has 6 nitrogen and oxygen atoms in total. The molecule has 1 fully saturated rings. The lowest BCUT2D eigenvalue weighted by Crippen LogP contribution is -2.30. The fourth-order valence-corrected chi connectivity index (χ4v) is 3.97. The summed E-state index contributed by atoms with van der Waals surface area (Å²) in [7, 11) is 1.50. The Bertz CT molecular complexity index is 980. The molecular formula is C26H31NO5. The third-order valence-corrected chi connectivity index (χ3v) is 5.58. The summed E-state index contributed by atoms with van der Waals surface area (Å²) in [5.74, 6) is -0.354. The van der Waals surface area contributed by atoms with Crippen molar-refractivity contribution < 1.29 is 24.2 Å². The van der Waals surface area contributed by atoms with Crippen LogP contribution in [0.3, 0.4) is 0 Å². The molecule has 1 saturated heterocycles. The molecule has 2 aromatic carbocycles. The summed E-state index contributed by atoms with van der Waals surface area (Å²) in [6.45, 7) is 5.15. The van der Waals surface area contributed by atoms with Crippen molar-refractivity contribution >= 4 is 17.4 Å². The van der Waals surface area contributed by atoms with Crippen LogP contribution in [0.15, 0.2) is 54.1 Å². The Morgan fingerprint density at radius 1 is 1.00 bits per heavy atom. The van der Waals surface area contributed by atoms with Crippen LogP contribution < -0.4 is 9.47 Å². The number of aliphatic hydroxyl groups is 1. The molecule has 6 heteroatoms. The van der Waals surface area contributed by atoms with Gasteiger partial charge in [0.05, 0.1) is 30.9 Å². The van der Waals surface area contributed by atoms with Gasteiger partial charge in [0.2, 0.25) is 0 Å². The second-order valence-corrected chi connectivity index (χ2v) is 7.82. The minimum absolute atomic E-state index is 0.0737. The Balaban J connectivity index is 2.01. The molecule has 0 aliphatic carbocycles. The first-order valence-corrected chi connectivity index (χ1v) is 11.2. The highest BCUT2D eigenvalue weighted by molar-refractivity contribution is 6.46. The monoisotopic (exact) mass is 437 g/mol. The quantitative estimate of drug-likeness (QED) is 0.242. The Morgan fingerprint density at radius 2 is 1.72 bits per heavy atom. The number of benzene rings is 2. The summed E-state index contributed by atoms with van der Waals surface area (Å²) in [5.41, 5.74) is 1.20. The second kappa shape index (κ2) is 10.8. The lowest BCUT2D eigenvalue weighted by molar-refractivity contribution is -0.139. The van der Waals surface area contributed by atoms with Crippen LogP contribution in [-0.4, -0.2) is 42.0 Å². The van der Waals surface area contributed by atoms with Crippen molar-refractivity contribution in [3.05, 3.63) is 65.2 Å². The number of hydrogen-bond donors (Lipinski definition) is 1. The smallest absolute Gasteiger partial charge is 0.295 e. The highest BCUT2D eigenvalue weighted by Gasteiger charge is 2.45. The van der Waals surface area contributed by atoms with Gasteiger partial charge in [0.1, 0.15) is 17.3 Å². The molecule has 1 N–H and O–H groups in total. The molecule has 1 unspecified atom stereocenters. The van der Waals surface area contributed by atoms with Crippen molar-refractivity contribution in [3.63, 3.8) is 0 Å². The maximum Gasteiger partial charge on any atom is 0.295 e. The maximum atomic E-state index is 13.0. The lowest BCUT2D eigenvalue weighted by Gasteiger charge is -2.25. The summed E-state index contributed by atoms with van der Waals surface area (Å²) in [4.78, 5) is 27.3. The van der Waals surface area contributed by atoms with Gasteiger partial charge in [-0.2, -0.15) is 0 Å². The second-order valence-electron chi connectivity index (χ2n) is 7.82. The number of carbonyl (C=O) groups is 2. The van der Waals surface area contributed by atoms with Gasteiger partial charge < -0.3 is 19.5 Å². The van der Waals surface area contributed by atoms with E-state index in [4.69, 9.17) is 9.47 Å². The third-order valence-electron chi connectivity index (χ3n) is 5.58. The van der Waals surface area contributed by atoms with Gasteiger partial charge in [-0.15, -0.1) is 0 Å². The number of ketones is 1. The van der Waals surface area contributed by atoms with Crippen LogP contribution in [-0.2, 0) is 9.59 Å². The molecule has 1 amide bonds. The minimum atomic E-state index is -0.688. The average Bonchev–Trinajstić information content (AvgIpc) is 3.07. The fraction of sp³-hybridized carbons (Fsp3) is 0.385. The number of carbonyl (C=O) groups excluding carboxylic acids is 2. The van der Waals surface area contributed by atoms with Gasteiger partial charge in [0, 0.05) is 6.54 Å². The number of ether oxygens (including phenoxy) is 2. The van der Waals surface area contributed by atoms with Crippen molar-refractivity contribution in [2.45, 2.75) is 45.6 Å².